The molecule has 0 aromatic heterocycles. The van der Waals surface area contributed by atoms with Crippen molar-refractivity contribution in [3.05, 3.63) is 24.3 Å². The Kier molecular flexibility index (Phi) is 9.03. The molecular weight excluding hydrogens is 468 g/mol. The van der Waals surface area contributed by atoms with Crippen LogP contribution in [0, 0.1) is 22.7 Å². The van der Waals surface area contributed by atoms with Gasteiger partial charge in [0.05, 0.1) is 26.3 Å². The van der Waals surface area contributed by atoms with Gasteiger partial charge in [-0.1, -0.05) is 13.2 Å². The number of esters is 2. The number of carbonyl (C=O) groups excluding carboxylic acids is 4. The van der Waals surface area contributed by atoms with E-state index in [0.29, 0.717) is 36.2 Å². The van der Waals surface area contributed by atoms with Crippen molar-refractivity contribution in [3.8, 4) is 0 Å². The molecule has 2 N–H and O–H groups in total. The van der Waals surface area contributed by atoms with Crippen molar-refractivity contribution in [1.82, 2.24) is 10.6 Å². The molecule has 36 heavy (non-hydrogen) atoms. The third-order valence-corrected chi connectivity index (χ3v) is 7.23. The van der Waals surface area contributed by atoms with Gasteiger partial charge < -0.3 is 29.6 Å². The van der Waals surface area contributed by atoms with Crippen LogP contribution in [0.25, 0.3) is 0 Å². The van der Waals surface area contributed by atoms with Crippen LogP contribution in [-0.2, 0) is 28.5 Å². The summed E-state index contributed by atoms with van der Waals surface area (Å²) in [5, 5.41) is 5.23. The summed E-state index contributed by atoms with van der Waals surface area (Å²) < 4.78 is 21.1. The number of hydrogen-bond acceptors (Lipinski definition) is 8. The molecule has 4 saturated carbocycles. The maximum absolute atomic E-state index is 12.2. The molecule has 0 aromatic carbocycles. The topological polar surface area (TPSA) is 129 Å². The Hall–Kier alpha value is -3.04. The zero-order chi connectivity index (χ0) is 26.3. The zero-order valence-corrected chi connectivity index (χ0v) is 21.3. The highest BCUT2D eigenvalue weighted by Crippen LogP contribution is 2.65. The van der Waals surface area contributed by atoms with Crippen LogP contribution in [-0.4, -0.2) is 63.6 Å². The fourth-order valence-electron chi connectivity index (χ4n) is 6.37. The minimum absolute atomic E-state index is 0.0505. The molecular formula is C26H38N2O8. The van der Waals surface area contributed by atoms with Crippen molar-refractivity contribution in [3.63, 3.8) is 0 Å². The standard InChI is InChI=1S/C26H38N2O8/c1-17(2)21(29)33-7-5-27-23(31)35-15-25-10-19-9-20(11-25)13-26(12-19,14-25)16-36-24(32)28-6-8-34-22(30)18(3)4/h19-20H,1,3,5-16H2,2,4H3,(H,27,31)(H,28,32). The summed E-state index contributed by atoms with van der Waals surface area (Å²) in [5.74, 6) is 0.0812. The quantitative estimate of drug-likeness (QED) is 0.179. The van der Waals surface area contributed by atoms with Crippen molar-refractivity contribution in [2.75, 3.05) is 39.5 Å². The zero-order valence-electron chi connectivity index (χ0n) is 21.3. The van der Waals surface area contributed by atoms with Gasteiger partial charge in [0.15, 0.2) is 0 Å². The molecule has 200 valence electrons. The van der Waals surface area contributed by atoms with Gasteiger partial charge in [-0.2, -0.15) is 0 Å². The Labute approximate surface area is 212 Å². The van der Waals surface area contributed by atoms with E-state index in [1.54, 1.807) is 13.8 Å². The number of amides is 2. The van der Waals surface area contributed by atoms with Crippen LogP contribution >= 0.6 is 0 Å². The van der Waals surface area contributed by atoms with Crippen LogP contribution in [0.2, 0.25) is 0 Å². The monoisotopic (exact) mass is 506 g/mol. The average Bonchev–Trinajstić information content (AvgIpc) is 2.80. The highest BCUT2D eigenvalue weighted by molar-refractivity contribution is 5.87. The van der Waals surface area contributed by atoms with E-state index in [4.69, 9.17) is 18.9 Å². The lowest BCUT2D eigenvalue weighted by Gasteiger charge is -2.61. The molecule has 2 amide bonds. The Balaban J connectivity index is 1.42. The molecule has 0 heterocycles. The summed E-state index contributed by atoms with van der Waals surface area (Å²) in [6.45, 7) is 11.2. The summed E-state index contributed by atoms with van der Waals surface area (Å²) in [7, 11) is 0. The van der Waals surface area contributed by atoms with Crippen LogP contribution in [0.4, 0.5) is 9.59 Å². The molecule has 0 radical (unpaired) electrons. The molecule has 4 fully saturated rings. The fraction of sp³-hybridized carbons (Fsp3) is 0.692. The number of hydrogen-bond donors (Lipinski definition) is 2. The Morgan fingerprint density at radius 3 is 1.47 bits per heavy atom. The van der Waals surface area contributed by atoms with E-state index < -0.39 is 24.1 Å². The molecule has 0 unspecified atom stereocenters. The van der Waals surface area contributed by atoms with Gasteiger partial charge in [-0.15, -0.1) is 0 Å². The second-order valence-corrected chi connectivity index (χ2v) is 10.8. The second-order valence-electron chi connectivity index (χ2n) is 10.8. The van der Waals surface area contributed by atoms with Crippen molar-refractivity contribution in [2.24, 2.45) is 22.7 Å². The molecule has 0 saturated heterocycles. The second kappa shape index (κ2) is 11.8. The number of ether oxygens (including phenoxy) is 4. The van der Waals surface area contributed by atoms with E-state index in [1.165, 1.54) is 6.42 Å². The van der Waals surface area contributed by atoms with Gasteiger partial charge >= 0.3 is 24.1 Å². The molecule has 4 bridgehead atoms. The van der Waals surface area contributed by atoms with E-state index >= 15 is 0 Å². The van der Waals surface area contributed by atoms with Crippen molar-refractivity contribution >= 4 is 24.1 Å². The van der Waals surface area contributed by atoms with E-state index in [-0.39, 0.29) is 37.1 Å². The first-order valence-electron chi connectivity index (χ1n) is 12.5. The smallest absolute Gasteiger partial charge is 0.407 e. The third kappa shape index (κ3) is 7.48. The van der Waals surface area contributed by atoms with Crippen LogP contribution in [0.1, 0.15) is 52.4 Å². The van der Waals surface area contributed by atoms with Gasteiger partial charge in [0.2, 0.25) is 0 Å². The van der Waals surface area contributed by atoms with Crippen LogP contribution < -0.4 is 10.6 Å². The Morgan fingerprint density at radius 1 is 0.722 bits per heavy atom. The Bertz CT molecular complexity index is 816. The van der Waals surface area contributed by atoms with Crippen LogP contribution in [0.5, 0.6) is 0 Å². The van der Waals surface area contributed by atoms with E-state index in [9.17, 15) is 19.2 Å². The number of rotatable bonds is 12. The number of nitrogens with one attached hydrogen (secondary N) is 2. The average molecular weight is 507 g/mol. The third-order valence-electron chi connectivity index (χ3n) is 7.23. The summed E-state index contributed by atoms with van der Waals surface area (Å²) in [6.07, 6.45) is 4.99. The molecule has 4 aliphatic carbocycles. The van der Waals surface area contributed by atoms with E-state index in [2.05, 4.69) is 23.8 Å². The van der Waals surface area contributed by atoms with Gasteiger partial charge in [-0.3, -0.25) is 0 Å². The van der Waals surface area contributed by atoms with Gasteiger partial charge in [-0.25, -0.2) is 19.2 Å². The summed E-state index contributed by atoms with van der Waals surface area (Å²) in [4.78, 5) is 47.2. The fourth-order valence-corrected chi connectivity index (χ4v) is 6.37. The molecule has 4 aliphatic rings. The molecule has 0 spiro atoms. The lowest BCUT2D eigenvalue weighted by molar-refractivity contribution is -0.145. The molecule has 4 rings (SSSR count). The van der Waals surface area contributed by atoms with Gasteiger partial charge in [0.1, 0.15) is 13.2 Å². The first-order valence-corrected chi connectivity index (χ1v) is 12.5. The van der Waals surface area contributed by atoms with Crippen LogP contribution in [0.15, 0.2) is 24.3 Å². The van der Waals surface area contributed by atoms with Crippen molar-refractivity contribution in [2.45, 2.75) is 52.4 Å². The maximum atomic E-state index is 12.2. The van der Waals surface area contributed by atoms with Crippen LogP contribution in [0.3, 0.4) is 0 Å². The van der Waals surface area contributed by atoms with Gasteiger partial charge in [0.25, 0.3) is 0 Å². The maximum Gasteiger partial charge on any atom is 0.407 e. The minimum atomic E-state index is -0.533. The first kappa shape index (κ1) is 27.5. The summed E-state index contributed by atoms with van der Waals surface area (Å²) in [6, 6.07) is 0. The van der Waals surface area contributed by atoms with Crippen molar-refractivity contribution in [1.29, 1.82) is 0 Å². The summed E-state index contributed by atoms with van der Waals surface area (Å²) >= 11 is 0. The number of alkyl carbamates (subject to hydrolysis) is 2. The van der Waals surface area contributed by atoms with E-state index in [1.807, 2.05) is 0 Å². The molecule has 0 atom stereocenters. The first-order chi connectivity index (χ1) is 17.0. The lowest BCUT2D eigenvalue weighted by atomic mass is 9.44. The van der Waals surface area contributed by atoms with Gasteiger partial charge in [-0.05, 0) is 64.2 Å². The highest BCUT2D eigenvalue weighted by atomic mass is 16.6. The highest BCUT2D eigenvalue weighted by Gasteiger charge is 2.58. The minimum Gasteiger partial charge on any atom is -0.460 e. The lowest BCUT2D eigenvalue weighted by Crippen LogP contribution is -2.55. The summed E-state index contributed by atoms with van der Waals surface area (Å²) in [5.41, 5.74) is 0.396. The molecule has 10 nitrogen and oxygen atoms in total. The Morgan fingerprint density at radius 2 is 1.11 bits per heavy atom. The normalized spacial score (nSPS) is 27.5. The SMILES string of the molecule is C=C(C)C(=O)OCCNC(=O)OCC12CC3CC(C1)CC(COC(=O)NCCOC(=O)C(=C)C)(C3)C2. The molecule has 0 aliphatic heterocycles. The molecule has 10 heteroatoms. The predicted molar refractivity (Wildman–Crippen MR) is 130 cm³/mol. The number of carbonyl (C=O) groups is 4. The van der Waals surface area contributed by atoms with E-state index in [0.717, 1.165) is 32.1 Å². The van der Waals surface area contributed by atoms with Gasteiger partial charge in [0, 0.05) is 22.0 Å². The van der Waals surface area contributed by atoms with Crippen molar-refractivity contribution < 1.29 is 38.1 Å². The largest absolute Gasteiger partial charge is 0.460 e. The molecule has 0 aromatic rings. The predicted octanol–water partition coefficient (Wildman–Crippen LogP) is 3.26.